The number of hydrogen-bond donors (Lipinski definition) is 0. The molecule has 0 saturated carbocycles. The quantitative estimate of drug-likeness (QED) is 0.564. The summed E-state index contributed by atoms with van der Waals surface area (Å²) in [6.45, 7) is 6.76. The highest BCUT2D eigenvalue weighted by Crippen LogP contribution is 2.42. The van der Waals surface area contributed by atoms with E-state index in [4.69, 9.17) is 4.74 Å². The third-order valence-electron chi connectivity index (χ3n) is 6.07. The van der Waals surface area contributed by atoms with Gasteiger partial charge >= 0.3 is 0 Å². The van der Waals surface area contributed by atoms with Crippen molar-refractivity contribution in [3.05, 3.63) is 65.5 Å². The Bertz CT molecular complexity index is 976. The summed E-state index contributed by atoms with van der Waals surface area (Å²) in [5.74, 6) is -0.767. The summed E-state index contributed by atoms with van der Waals surface area (Å²) in [5, 5.41) is 0. The highest BCUT2D eigenvalue weighted by Gasteiger charge is 2.54. The number of rotatable bonds is 9. The molecule has 2 aromatic rings. The second kappa shape index (κ2) is 10.0. The molecule has 1 aromatic heterocycles. The van der Waals surface area contributed by atoms with Crippen molar-refractivity contribution >= 4 is 17.7 Å². The molecule has 1 aliphatic rings. The molecule has 1 atom stereocenters. The lowest BCUT2D eigenvalue weighted by Crippen LogP contribution is -2.46. The number of imide groups is 1. The number of aryl methyl sites for hydroxylation is 1. The fraction of sp³-hybridized carbons (Fsp3) is 0.440. The Morgan fingerprint density at radius 2 is 1.97 bits per heavy atom. The van der Waals surface area contributed by atoms with E-state index in [1.807, 2.05) is 51.1 Å². The molecule has 1 fully saturated rings. The molecular weight excluding hydrogens is 406 g/mol. The molecule has 1 aliphatic heterocycles. The highest BCUT2D eigenvalue weighted by atomic mass is 16.5. The lowest BCUT2D eigenvalue weighted by molar-refractivity contribution is -0.144. The molecule has 1 aromatic carbocycles. The minimum absolute atomic E-state index is 0.0289. The zero-order chi connectivity index (χ0) is 23.3. The second-order valence-corrected chi connectivity index (χ2v) is 8.57. The number of hydrogen-bond acceptors (Lipinski definition) is 5. The summed E-state index contributed by atoms with van der Waals surface area (Å²) in [6, 6.07) is 11.1. The molecule has 3 amide bonds. The molecular formula is C25H31N3O4. The third-order valence-corrected chi connectivity index (χ3v) is 6.07. The van der Waals surface area contributed by atoms with E-state index in [0.717, 1.165) is 16.7 Å². The average Bonchev–Trinajstić information content (AvgIpc) is 2.99. The van der Waals surface area contributed by atoms with Crippen LogP contribution in [0.2, 0.25) is 0 Å². The number of methoxy groups -OCH3 is 1. The highest BCUT2D eigenvalue weighted by molar-refractivity contribution is 6.10. The molecule has 3 rings (SSSR count). The van der Waals surface area contributed by atoms with Crippen LogP contribution in [0.25, 0.3) is 0 Å². The predicted octanol–water partition coefficient (Wildman–Crippen LogP) is 2.86. The summed E-state index contributed by atoms with van der Waals surface area (Å²) in [4.78, 5) is 47.4. The smallest absolute Gasteiger partial charge is 0.241 e. The van der Waals surface area contributed by atoms with E-state index < -0.39 is 5.41 Å². The van der Waals surface area contributed by atoms with Crippen LogP contribution in [0.1, 0.15) is 43.4 Å². The van der Waals surface area contributed by atoms with Crippen LogP contribution in [0.3, 0.4) is 0 Å². The SMILES string of the molecule is COCCN(C(=O)C[C@@]1(c2ccccc2C)CC(=O)N(Cc2cccnc2)C1=O)C(C)C. The standard InChI is InChI=1S/C25H31N3O4/c1-18(2)27(12-13-32-4)22(29)14-25(21-10-6-5-8-19(21)3)15-23(30)28(24(25)31)17-20-9-7-11-26-16-20/h5-11,16,18H,12-15,17H2,1-4H3/t25-/m0/s1. The summed E-state index contributed by atoms with van der Waals surface area (Å²) in [7, 11) is 1.59. The van der Waals surface area contributed by atoms with Gasteiger partial charge in [-0.15, -0.1) is 0 Å². The van der Waals surface area contributed by atoms with Gasteiger partial charge in [0.25, 0.3) is 0 Å². The number of carbonyl (C=O) groups excluding carboxylic acids is 3. The van der Waals surface area contributed by atoms with Crippen molar-refractivity contribution in [2.45, 2.75) is 51.6 Å². The van der Waals surface area contributed by atoms with Crippen LogP contribution in [0.5, 0.6) is 0 Å². The van der Waals surface area contributed by atoms with Crippen molar-refractivity contribution in [3.8, 4) is 0 Å². The Morgan fingerprint density at radius 3 is 2.59 bits per heavy atom. The lowest BCUT2D eigenvalue weighted by Gasteiger charge is -2.33. The van der Waals surface area contributed by atoms with Crippen molar-refractivity contribution < 1.29 is 19.1 Å². The van der Waals surface area contributed by atoms with Gasteiger partial charge in [0.15, 0.2) is 0 Å². The molecule has 7 heteroatoms. The van der Waals surface area contributed by atoms with Crippen molar-refractivity contribution in [1.82, 2.24) is 14.8 Å². The number of amides is 3. The van der Waals surface area contributed by atoms with Gasteiger partial charge in [0, 0.05) is 44.9 Å². The number of carbonyl (C=O) groups is 3. The van der Waals surface area contributed by atoms with E-state index in [1.54, 1.807) is 30.5 Å². The Hall–Kier alpha value is -3.06. The van der Waals surface area contributed by atoms with E-state index in [0.29, 0.717) is 13.2 Å². The van der Waals surface area contributed by atoms with Gasteiger partial charge in [-0.25, -0.2) is 0 Å². The van der Waals surface area contributed by atoms with E-state index in [-0.39, 0.29) is 43.1 Å². The van der Waals surface area contributed by atoms with E-state index >= 15 is 0 Å². The Balaban J connectivity index is 1.99. The largest absolute Gasteiger partial charge is 0.383 e. The summed E-state index contributed by atoms with van der Waals surface area (Å²) < 4.78 is 5.16. The third kappa shape index (κ3) is 4.72. The number of pyridine rings is 1. The number of likely N-dealkylation sites (tertiary alicyclic amines) is 1. The molecule has 170 valence electrons. The average molecular weight is 438 g/mol. The summed E-state index contributed by atoms with van der Waals surface area (Å²) >= 11 is 0. The molecule has 7 nitrogen and oxygen atoms in total. The molecule has 1 saturated heterocycles. The van der Waals surface area contributed by atoms with Crippen molar-refractivity contribution in [1.29, 1.82) is 0 Å². The van der Waals surface area contributed by atoms with Crippen LogP contribution >= 0.6 is 0 Å². The van der Waals surface area contributed by atoms with Gasteiger partial charge in [-0.2, -0.15) is 0 Å². The van der Waals surface area contributed by atoms with Gasteiger partial charge in [0.2, 0.25) is 17.7 Å². The van der Waals surface area contributed by atoms with Gasteiger partial charge in [0.05, 0.1) is 18.6 Å². The van der Waals surface area contributed by atoms with Crippen LogP contribution in [0.4, 0.5) is 0 Å². The fourth-order valence-corrected chi connectivity index (χ4v) is 4.41. The maximum atomic E-state index is 13.8. The minimum atomic E-state index is -1.22. The first-order chi connectivity index (χ1) is 15.3. The minimum Gasteiger partial charge on any atom is -0.383 e. The van der Waals surface area contributed by atoms with E-state index in [1.165, 1.54) is 4.90 Å². The Labute approximate surface area is 189 Å². The zero-order valence-corrected chi connectivity index (χ0v) is 19.2. The second-order valence-electron chi connectivity index (χ2n) is 8.57. The molecule has 32 heavy (non-hydrogen) atoms. The van der Waals surface area contributed by atoms with E-state index in [9.17, 15) is 14.4 Å². The number of benzene rings is 1. The van der Waals surface area contributed by atoms with Gasteiger partial charge < -0.3 is 9.64 Å². The first-order valence-electron chi connectivity index (χ1n) is 10.9. The molecule has 0 aliphatic carbocycles. The van der Waals surface area contributed by atoms with Crippen molar-refractivity contribution in [2.24, 2.45) is 0 Å². The molecule has 0 spiro atoms. The van der Waals surface area contributed by atoms with Crippen LogP contribution in [0.15, 0.2) is 48.8 Å². The Kier molecular flexibility index (Phi) is 7.40. The van der Waals surface area contributed by atoms with Crippen LogP contribution < -0.4 is 0 Å². The van der Waals surface area contributed by atoms with Crippen LogP contribution in [-0.2, 0) is 31.1 Å². The van der Waals surface area contributed by atoms with Gasteiger partial charge in [0.1, 0.15) is 0 Å². The maximum Gasteiger partial charge on any atom is 0.241 e. The monoisotopic (exact) mass is 437 g/mol. The van der Waals surface area contributed by atoms with Crippen molar-refractivity contribution in [2.75, 3.05) is 20.3 Å². The van der Waals surface area contributed by atoms with Crippen LogP contribution in [0, 0.1) is 6.92 Å². The first-order valence-corrected chi connectivity index (χ1v) is 10.9. The Morgan fingerprint density at radius 1 is 1.22 bits per heavy atom. The molecule has 0 N–H and O–H groups in total. The first kappa shape index (κ1) is 23.6. The summed E-state index contributed by atoms with van der Waals surface area (Å²) in [6.07, 6.45) is 3.20. The van der Waals surface area contributed by atoms with Gasteiger partial charge in [-0.05, 0) is 43.5 Å². The van der Waals surface area contributed by atoms with Gasteiger partial charge in [-0.1, -0.05) is 30.3 Å². The molecule has 0 unspecified atom stereocenters. The zero-order valence-electron chi connectivity index (χ0n) is 19.2. The lowest BCUT2D eigenvalue weighted by atomic mass is 9.73. The number of nitrogens with zero attached hydrogens (tertiary/aromatic N) is 3. The number of aromatic nitrogens is 1. The maximum absolute atomic E-state index is 13.8. The molecule has 2 heterocycles. The number of ether oxygens (including phenoxy) is 1. The van der Waals surface area contributed by atoms with Crippen LogP contribution in [-0.4, -0.2) is 58.8 Å². The van der Waals surface area contributed by atoms with E-state index in [2.05, 4.69) is 4.98 Å². The molecule has 0 radical (unpaired) electrons. The van der Waals surface area contributed by atoms with Crippen molar-refractivity contribution in [3.63, 3.8) is 0 Å². The van der Waals surface area contributed by atoms with Gasteiger partial charge in [-0.3, -0.25) is 24.3 Å². The molecule has 0 bridgehead atoms. The fourth-order valence-electron chi connectivity index (χ4n) is 4.41. The summed E-state index contributed by atoms with van der Waals surface area (Å²) in [5.41, 5.74) is 1.17. The topological polar surface area (TPSA) is 79.8 Å². The normalized spacial score (nSPS) is 18.5. The predicted molar refractivity (Wildman–Crippen MR) is 121 cm³/mol.